The molecule has 1 aliphatic carbocycles. The maximum atomic E-state index is 11.2. The van der Waals surface area contributed by atoms with Crippen molar-refractivity contribution >= 4 is 37.8 Å². The summed E-state index contributed by atoms with van der Waals surface area (Å²) in [6.07, 6.45) is 5.49. The van der Waals surface area contributed by atoms with Crippen molar-refractivity contribution in [3.63, 3.8) is 0 Å². The molecule has 0 bridgehead atoms. The molecular formula is C14H19Br2NO3. The lowest BCUT2D eigenvalue weighted by atomic mass is 9.78. The largest absolute Gasteiger partial charge is 0.481 e. The van der Waals surface area contributed by atoms with E-state index in [4.69, 9.17) is 4.42 Å². The number of hydrogen-bond donors (Lipinski definition) is 1. The van der Waals surface area contributed by atoms with Crippen LogP contribution in [0.2, 0.25) is 0 Å². The highest BCUT2D eigenvalue weighted by atomic mass is 79.9. The fourth-order valence-corrected chi connectivity index (χ4v) is 3.71. The van der Waals surface area contributed by atoms with Crippen LogP contribution in [0.4, 0.5) is 0 Å². The molecule has 1 aromatic heterocycles. The van der Waals surface area contributed by atoms with E-state index in [2.05, 4.69) is 36.8 Å². The van der Waals surface area contributed by atoms with E-state index in [1.54, 1.807) is 0 Å². The van der Waals surface area contributed by atoms with E-state index in [1.807, 2.05) is 13.1 Å². The van der Waals surface area contributed by atoms with Gasteiger partial charge in [-0.3, -0.25) is 9.69 Å². The summed E-state index contributed by atoms with van der Waals surface area (Å²) in [5.41, 5.74) is -0.240. The van der Waals surface area contributed by atoms with Gasteiger partial charge in [0.15, 0.2) is 4.67 Å². The van der Waals surface area contributed by atoms with Crippen LogP contribution in [0.5, 0.6) is 0 Å². The molecule has 4 nitrogen and oxygen atoms in total. The first-order valence-corrected chi connectivity index (χ1v) is 8.38. The molecule has 1 fully saturated rings. The van der Waals surface area contributed by atoms with Crippen LogP contribution in [0, 0.1) is 0 Å². The second-order valence-corrected chi connectivity index (χ2v) is 7.12. The molecular weight excluding hydrogens is 390 g/mol. The Kier molecular flexibility index (Phi) is 5.31. The molecule has 0 unspecified atom stereocenters. The highest BCUT2D eigenvalue weighted by Crippen LogP contribution is 2.37. The average molecular weight is 409 g/mol. The molecule has 0 saturated heterocycles. The van der Waals surface area contributed by atoms with Crippen molar-refractivity contribution in [2.75, 3.05) is 7.05 Å². The van der Waals surface area contributed by atoms with Gasteiger partial charge in [-0.05, 0) is 57.8 Å². The summed E-state index contributed by atoms with van der Waals surface area (Å²) in [6.45, 7) is 0.622. The Morgan fingerprint density at radius 2 is 2.05 bits per heavy atom. The van der Waals surface area contributed by atoms with Crippen LogP contribution in [-0.2, 0) is 11.3 Å². The Morgan fingerprint density at radius 1 is 1.40 bits per heavy atom. The Balaban J connectivity index is 2.13. The summed E-state index contributed by atoms with van der Waals surface area (Å²) in [4.78, 5) is 13.4. The molecule has 0 spiro atoms. The van der Waals surface area contributed by atoms with Crippen molar-refractivity contribution in [3.8, 4) is 0 Å². The van der Waals surface area contributed by atoms with Crippen LogP contribution in [0.25, 0.3) is 0 Å². The third-order valence-corrected chi connectivity index (χ3v) is 5.87. The lowest BCUT2D eigenvalue weighted by Crippen LogP contribution is -2.48. The van der Waals surface area contributed by atoms with Crippen molar-refractivity contribution < 1.29 is 14.3 Å². The monoisotopic (exact) mass is 407 g/mol. The van der Waals surface area contributed by atoms with Gasteiger partial charge in [0.1, 0.15) is 5.76 Å². The van der Waals surface area contributed by atoms with Gasteiger partial charge in [0, 0.05) is 5.54 Å². The number of carbonyl (C=O) groups is 1. The van der Waals surface area contributed by atoms with Crippen LogP contribution >= 0.6 is 31.9 Å². The first-order chi connectivity index (χ1) is 9.43. The summed E-state index contributed by atoms with van der Waals surface area (Å²) in [5.74, 6) is 0.113. The zero-order valence-corrected chi connectivity index (χ0v) is 14.7. The van der Waals surface area contributed by atoms with E-state index >= 15 is 0 Å². The van der Waals surface area contributed by atoms with E-state index in [1.165, 1.54) is 6.42 Å². The number of hydrogen-bond acceptors (Lipinski definition) is 3. The smallest absolute Gasteiger partial charge is 0.305 e. The summed E-state index contributed by atoms with van der Waals surface area (Å²) in [7, 11) is 2.00. The fourth-order valence-electron chi connectivity index (χ4n) is 3.06. The number of carboxylic acid groups (broad SMARTS) is 1. The van der Waals surface area contributed by atoms with E-state index in [-0.39, 0.29) is 12.0 Å². The van der Waals surface area contributed by atoms with Gasteiger partial charge in [0.2, 0.25) is 0 Å². The normalized spacial score (nSPS) is 18.4. The minimum atomic E-state index is -0.722. The van der Waals surface area contributed by atoms with Crippen LogP contribution < -0.4 is 0 Å². The molecule has 1 heterocycles. The molecule has 1 N–H and O–H groups in total. The quantitative estimate of drug-likeness (QED) is 0.783. The Hall–Kier alpha value is -0.330. The fraction of sp³-hybridized carbons (Fsp3) is 0.643. The van der Waals surface area contributed by atoms with Crippen molar-refractivity contribution in [1.82, 2.24) is 4.90 Å². The summed E-state index contributed by atoms with van der Waals surface area (Å²) >= 11 is 6.73. The average Bonchev–Trinajstić information content (AvgIpc) is 2.68. The van der Waals surface area contributed by atoms with Crippen LogP contribution in [-0.4, -0.2) is 28.6 Å². The molecule has 112 valence electrons. The number of rotatable bonds is 5. The first-order valence-electron chi connectivity index (χ1n) is 6.80. The van der Waals surface area contributed by atoms with Gasteiger partial charge in [-0.15, -0.1) is 0 Å². The van der Waals surface area contributed by atoms with Gasteiger partial charge in [-0.25, -0.2) is 0 Å². The van der Waals surface area contributed by atoms with E-state index in [0.717, 1.165) is 35.9 Å². The lowest BCUT2D eigenvalue weighted by molar-refractivity contribution is -0.141. The van der Waals surface area contributed by atoms with Crippen LogP contribution in [0.1, 0.15) is 44.3 Å². The van der Waals surface area contributed by atoms with Gasteiger partial charge in [0.05, 0.1) is 17.4 Å². The van der Waals surface area contributed by atoms with Crippen LogP contribution in [0.3, 0.4) is 0 Å². The second-order valence-electron chi connectivity index (χ2n) is 5.55. The maximum Gasteiger partial charge on any atom is 0.305 e. The molecule has 0 atom stereocenters. The Labute approximate surface area is 135 Å². The number of aliphatic carboxylic acids is 1. The second kappa shape index (κ2) is 6.62. The predicted molar refractivity (Wildman–Crippen MR) is 83.6 cm³/mol. The van der Waals surface area contributed by atoms with Gasteiger partial charge in [-0.1, -0.05) is 19.3 Å². The Morgan fingerprint density at radius 3 is 2.55 bits per heavy atom. The zero-order valence-electron chi connectivity index (χ0n) is 11.5. The van der Waals surface area contributed by atoms with Crippen LogP contribution in [0.15, 0.2) is 19.6 Å². The molecule has 2 rings (SSSR count). The van der Waals surface area contributed by atoms with E-state index in [9.17, 15) is 9.90 Å². The van der Waals surface area contributed by atoms with Gasteiger partial charge >= 0.3 is 5.97 Å². The molecule has 0 aliphatic heterocycles. The van der Waals surface area contributed by atoms with Crippen molar-refractivity contribution in [2.24, 2.45) is 0 Å². The minimum absolute atomic E-state index is 0.201. The summed E-state index contributed by atoms with van der Waals surface area (Å²) in [5, 5.41) is 9.23. The minimum Gasteiger partial charge on any atom is -0.481 e. The SMILES string of the molecule is CN(Cc1cc(Br)c(Br)o1)C1(CC(=O)O)CCCCC1. The van der Waals surface area contributed by atoms with Gasteiger partial charge in [-0.2, -0.15) is 0 Å². The van der Waals surface area contributed by atoms with E-state index < -0.39 is 5.97 Å². The number of carboxylic acids is 1. The standard InChI is InChI=1S/C14H19Br2NO3/c1-17(9-10-7-11(15)13(16)20-10)14(8-12(18)19)5-3-2-4-6-14/h7H,2-6,8-9H2,1H3,(H,18,19). The number of halogens is 2. The van der Waals surface area contributed by atoms with Crippen molar-refractivity contribution in [1.29, 1.82) is 0 Å². The maximum absolute atomic E-state index is 11.2. The zero-order chi connectivity index (χ0) is 14.8. The summed E-state index contributed by atoms with van der Waals surface area (Å²) in [6, 6.07) is 1.93. The van der Waals surface area contributed by atoms with E-state index in [0.29, 0.717) is 11.2 Å². The van der Waals surface area contributed by atoms with Crippen molar-refractivity contribution in [3.05, 3.63) is 21.0 Å². The lowest BCUT2D eigenvalue weighted by Gasteiger charge is -2.43. The molecule has 1 saturated carbocycles. The topological polar surface area (TPSA) is 53.7 Å². The number of furan rings is 1. The number of nitrogens with zero attached hydrogens (tertiary/aromatic N) is 1. The molecule has 1 aliphatic rings. The highest BCUT2D eigenvalue weighted by molar-refractivity contribution is 9.13. The molecule has 0 radical (unpaired) electrons. The molecule has 0 amide bonds. The molecule has 1 aromatic rings. The molecule has 6 heteroatoms. The van der Waals surface area contributed by atoms with Crippen molar-refractivity contribution in [2.45, 2.75) is 50.6 Å². The third-order valence-electron chi connectivity index (χ3n) is 4.16. The molecule has 0 aromatic carbocycles. The predicted octanol–water partition coefficient (Wildman–Crippen LogP) is 4.41. The third kappa shape index (κ3) is 3.65. The Bertz CT molecular complexity index is 461. The highest BCUT2D eigenvalue weighted by Gasteiger charge is 2.38. The first kappa shape index (κ1) is 16.0. The van der Waals surface area contributed by atoms with Gasteiger partial charge in [0.25, 0.3) is 0 Å². The van der Waals surface area contributed by atoms with Gasteiger partial charge < -0.3 is 9.52 Å². The molecule has 20 heavy (non-hydrogen) atoms. The summed E-state index contributed by atoms with van der Waals surface area (Å²) < 4.78 is 7.17.